The van der Waals surface area contributed by atoms with Gasteiger partial charge in [-0.3, -0.25) is 14.3 Å². The number of fused-ring (bicyclic) bond motifs is 4. The van der Waals surface area contributed by atoms with Crippen molar-refractivity contribution in [3.8, 4) is 5.75 Å². The Balaban J connectivity index is 1.04. The lowest BCUT2D eigenvalue weighted by molar-refractivity contribution is -0.155. The number of nitrogens with zero attached hydrogens (tertiary/aromatic N) is 10. The number of amides is 2. The Morgan fingerprint density at radius 2 is 1.40 bits per heavy atom. The van der Waals surface area contributed by atoms with Gasteiger partial charge in [-0.25, -0.2) is 23.4 Å². The Labute approximate surface area is 365 Å². The summed E-state index contributed by atoms with van der Waals surface area (Å²) in [5.74, 6) is -2.48. The molecule has 0 radical (unpaired) electrons. The number of alkyl halides is 3. The van der Waals surface area contributed by atoms with E-state index >= 15 is 8.78 Å². The summed E-state index contributed by atoms with van der Waals surface area (Å²) >= 11 is 0. The number of piperazine rings is 2. The summed E-state index contributed by atoms with van der Waals surface area (Å²) in [6.45, 7) is 5.71. The Morgan fingerprint density at radius 3 is 2.06 bits per heavy atom. The van der Waals surface area contributed by atoms with Gasteiger partial charge in [0, 0.05) is 125 Å². The van der Waals surface area contributed by atoms with E-state index in [-0.39, 0.29) is 64.9 Å². The maximum absolute atomic E-state index is 15.2. The summed E-state index contributed by atoms with van der Waals surface area (Å²) in [5, 5.41) is 21.9. The molecule has 2 saturated heterocycles. The highest BCUT2D eigenvalue weighted by molar-refractivity contribution is 6.16. The van der Waals surface area contributed by atoms with E-state index in [1.807, 2.05) is 6.20 Å². The lowest BCUT2D eigenvalue weighted by Gasteiger charge is -2.36. The van der Waals surface area contributed by atoms with Crippen LogP contribution in [0.2, 0.25) is 0 Å². The first-order valence-corrected chi connectivity index (χ1v) is 20.7. The van der Waals surface area contributed by atoms with E-state index in [9.17, 15) is 22.8 Å². The van der Waals surface area contributed by atoms with E-state index in [2.05, 4.69) is 41.2 Å². The van der Waals surface area contributed by atoms with Gasteiger partial charge in [-0.05, 0) is 26.0 Å². The van der Waals surface area contributed by atoms with Crippen LogP contribution in [-0.4, -0.2) is 108 Å². The van der Waals surface area contributed by atoms with E-state index < -0.39 is 42.2 Å². The molecule has 10 rings (SSSR count). The van der Waals surface area contributed by atoms with Crippen LogP contribution < -0.4 is 35.8 Å². The zero-order chi connectivity index (χ0) is 45.3. The van der Waals surface area contributed by atoms with Crippen LogP contribution in [0.15, 0.2) is 67.5 Å². The topological polar surface area (TPSA) is 168 Å². The van der Waals surface area contributed by atoms with Gasteiger partial charge < -0.3 is 44.6 Å². The largest absolute Gasteiger partial charge is 0.470 e. The van der Waals surface area contributed by atoms with E-state index in [4.69, 9.17) is 9.84 Å². The molecule has 2 aromatic carbocycles. The first-order valence-electron chi connectivity index (χ1n) is 20.7. The Kier molecular flexibility index (Phi) is 10.3. The Bertz CT molecular complexity index is 3180. The van der Waals surface area contributed by atoms with Gasteiger partial charge in [-0.15, -0.1) is 0 Å². The number of halogens is 5. The Hall–Kier alpha value is -7.33. The fraction of sp³-hybridized carbons (Fsp3) is 0.302. The number of imidazole rings is 2. The van der Waals surface area contributed by atoms with E-state index in [1.54, 1.807) is 67.4 Å². The van der Waals surface area contributed by atoms with Crippen molar-refractivity contribution in [2.45, 2.75) is 32.8 Å². The molecule has 1 atom stereocenters. The van der Waals surface area contributed by atoms with Crippen molar-refractivity contribution in [3.05, 3.63) is 102 Å². The predicted molar refractivity (Wildman–Crippen MR) is 232 cm³/mol. The molecule has 8 heterocycles. The quantitative estimate of drug-likeness (QED) is 0.137. The summed E-state index contributed by atoms with van der Waals surface area (Å²) in [7, 11) is 1.73. The second-order valence-electron chi connectivity index (χ2n) is 16.2. The third-order valence-corrected chi connectivity index (χ3v) is 11.5. The number of benzene rings is 2. The zero-order valence-corrected chi connectivity index (χ0v) is 35.2. The van der Waals surface area contributed by atoms with Crippen LogP contribution in [0, 0.1) is 25.5 Å². The number of aryl methyl sites for hydroxylation is 3. The molecule has 0 saturated carbocycles. The fourth-order valence-electron chi connectivity index (χ4n) is 8.63. The zero-order valence-electron chi connectivity index (χ0n) is 35.2. The number of carbonyl (C=O) groups excluding carboxylic acids is 2. The molecular weight excluding hydrogens is 856 g/mol. The van der Waals surface area contributed by atoms with Crippen LogP contribution in [0.4, 0.5) is 44.7 Å². The van der Waals surface area contributed by atoms with Crippen molar-refractivity contribution in [2.24, 2.45) is 7.05 Å². The molecule has 2 aliphatic rings. The second kappa shape index (κ2) is 16.0. The maximum atomic E-state index is 15.2. The number of hydrogen-bond donors (Lipinski definition) is 4. The van der Waals surface area contributed by atoms with E-state index in [0.29, 0.717) is 59.5 Å². The van der Waals surface area contributed by atoms with Crippen LogP contribution in [0.25, 0.3) is 33.1 Å². The van der Waals surface area contributed by atoms with Crippen molar-refractivity contribution in [2.75, 3.05) is 66.2 Å². The summed E-state index contributed by atoms with van der Waals surface area (Å²) in [6.07, 6.45) is 5.16. The molecule has 2 aliphatic heterocycles. The molecule has 8 aromatic rings. The lowest BCUT2D eigenvalue weighted by atomic mass is 10.1. The minimum atomic E-state index is -4.51. The molecule has 6 aromatic heterocycles. The molecule has 4 N–H and O–H groups in total. The SMILES string of the molecule is Cc1cn2cc(NC(=O)c3ccc(N4CCNC(C(F)(F)F)C4)c4cn(COc5cc(N6CCNCC6)c6cn(C)nc6c5C(=O)Nc5cc(F)c6nc(C)cn6c5)nc34)cc(F)c2n1. The van der Waals surface area contributed by atoms with Gasteiger partial charge in [-0.1, -0.05) is 0 Å². The third kappa shape index (κ3) is 7.87. The van der Waals surface area contributed by atoms with Crippen LogP contribution in [0.5, 0.6) is 5.75 Å². The maximum Gasteiger partial charge on any atom is 0.405 e. The van der Waals surface area contributed by atoms with Gasteiger partial charge >= 0.3 is 6.18 Å². The van der Waals surface area contributed by atoms with Gasteiger partial charge in [0.25, 0.3) is 11.8 Å². The molecule has 22 heteroatoms. The molecular formula is C43H41F5N14O3. The average molecular weight is 897 g/mol. The number of carbonyl (C=O) groups is 2. The minimum Gasteiger partial charge on any atom is -0.470 e. The van der Waals surface area contributed by atoms with Crippen LogP contribution in [0.3, 0.4) is 0 Å². The van der Waals surface area contributed by atoms with E-state index in [0.717, 1.165) is 11.8 Å². The number of nitrogens with one attached hydrogen (secondary N) is 4. The monoisotopic (exact) mass is 896 g/mol. The molecule has 17 nitrogen and oxygen atoms in total. The van der Waals surface area contributed by atoms with E-state index in [1.165, 1.54) is 31.8 Å². The van der Waals surface area contributed by atoms with Crippen molar-refractivity contribution in [1.82, 2.24) is 49.0 Å². The van der Waals surface area contributed by atoms with Gasteiger partial charge in [0.15, 0.2) is 29.7 Å². The molecule has 2 amide bonds. The van der Waals surface area contributed by atoms with Crippen molar-refractivity contribution in [3.63, 3.8) is 0 Å². The van der Waals surface area contributed by atoms with Crippen molar-refractivity contribution < 1.29 is 36.3 Å². The molecule has 0 aliphatic carbocycles. The van der Waals surface area contributed by atoms with Crippen LogP contribution in [-0.2, 0) is 13.8 Å². The van der Waals surface area contributed by atoms with Crippen molar-refractivity contribution >= 4 is 67.7 Å². The number of ether oxygens (including phenoxy) is 1. The standard InChI is InChI=1S/C43H41F5N14O3/c1-23-15-60-17-25(12-30(44)39(60)51-23)53-41(63)27-4-5-32(59-11-8-50-35(21-59)43(46,47)48)29-20-62(56-37(27)29)22-65-34-14-33(58-9-6-49-7-10-58)28-19-57(3)55-38(28)36(34)42(64)54-26-13-31(45)40-52-24(2)16-61(40)18-26/h4-5,12-20,35,49-50H,6-11,21-22H2,1-3H3,(H,53,63)(H,54,64). The predicted octanol–water partition coefficient (Wildman–Crippen LogP) is 5.40. The summed E-state index contributed by atoms with van der Waals surface area (Å²) < 4.78 is 84.6. The first kappa shape index (κ1) is 41.7. The minimum absolute atomic E-state index is 0.0473. The number of rotatable bonds is 9. The summed E-state index contributed by atoms with van der Waals surface area (Å²) in [4.78, 5) is 40.5. The highest BCUT2D eigenvalue weighted by Crippen LogP contribution is 2.38. The molecule has 0 bridgehead atoms. The Morgan fingerprint density at radius 1 is 0.769 bits per heavy atom. The summed E-state index contributed by atoms with van der Waals surface area (Å²) in [6, 6.07) is 5.29. The van der Waals surface area contributed by atoms with Crippen LogP contribution in [0.1, 0.15) is 32.1 Å². The number of pyridine rings is 2. The molecule has 2 fully saturated rings. The highest BCUT2D eigenvalue weighted by atomic mass is 19.4. The van der Waals surface area contributed by atoms with Crippen molar-refractivity contribution in [1.29, 1.82) is 0 Å². The molecule has 65 heavy (non-hydrogen) atoms. The number of anilines is 4. The summed E-state index contributed by atoms with van der Waals surface area (Å²) in [5.41, 5.74) is 3.35. The van der Waals surface area contributed by atoms with Gasteiger partial charge in [0.2, 0.25) is 0 Å². The molecule has 336 valence electrons. The van der Waals surface area contributed by atoms with Crippen LogP contribution >= 0.6 is 0 Å². The second-order valence-corrected chi connectivity index (χ2v) is 16.2. The molecule has 1 unspecified atom stereocenters. The normalized spacial score (nSPS) is 16.0. The number of aromatic nitrogens is 8. The molecule has 0 spiro atoms. The van der Waals surface area contributed by atoms with Gasteiger partial charge in [-0.2, -0.15) is 23.4 Å². The van der Waals surface area contributed by atoms with Gasteiger partial charge in [0.1, 0.15) is 28.4 Å². The highest BCUT2D eigenvalue weighted by Gasteiger charge is 2.42. The average Bonchev–Trinajstić information content (AvgIpc) is 4.06. The van der Waals surface area contributed by atoms with Gasteiger partial charge in [0.05, 0.1) is 34.0 Å². The fourth-order valence-corrected chi connectivity index (χ4v) is 8.63. The smallest absolute Gasteiger partial charge is 0.405 e. The lowest BCUT2D eigenvalue weighted by Crippen LogP contribution is -2.57. The third-order valence-electron chi connectivity index (χ3n) is 11.5. The first-order chi connectivity index (χ1) is 31.2. The number of hydrogen-bond acceptors (Lipinski definition) is 11.